The largest absolute Gasteiger partial charge is 0.415 e. The Morgan fingerprint density at radius 3 is 1.52 bits per heavy atom. The van der Waals surface area contributed by atoms with Crippen LogP contribution in [0.1, 0.15) is 56.8 Å². The van der Waals surface area contributed by atoms with Crippen LogP contribution in [0.5, 0.6) is 11.5 Å². The average molecular weight is 1210 g/mol. The first-order valence-corrected chi connectivity index (χ1v) is 26.2. The van der Waals surface area contributed by atoms with Gasteiger partial charge < -0.3 is 70.9 Å². The van der Waals surface area contributed by atoms with Crippen molar-refractivity contribution in [3.8, 4) is 35.7 Å². The van der Waals surface area contributed by atoms with Crippen LogP contribution in [0, 0.1) is 39.9 Å². The Balaban J connectivity index is 0.000000169. The molecule has 2 amide bonds. The predicted molar refractivity (Wildman–Crippen MR) is 287 cm³/mol. The number of piperidine rings is 2. The number of imidazole rings is 2. The number of aliphatic hydroxyl groups is 6. The molecule has 10 rings (SSSR count). The van der Waals surface area contributed by atoms with Gasteiger partial charge in [0.15, 0.2) is 39.2 Å². The average Bonchev–Trinajstić information content (AvgIpc) is 4.28. The summed E-state index contributed by atoms with van der Waals surface area (Å²) in [5, 5.41) is 59.9. The molecule has 2 aromatic carbocycles. The van der Waals surface area contributed by atoms with Crippen molar-refractivity contribution < 1.29 is 59.2 Å². The number of amides is 2. The van der Waals surface area contributed by atoms with Crippen molar-refractivity contribution in [2.24, 2.45) is 11.8 Å². The Morgan fingerprint density at radius 2 is 1.09 bits per heavy atom. The third-order valence-electron chi connectivity index (χ3n) is 13.2. The quantitative estimate of drug-likeness (QED) is 0.0614. The molecule has 10 N–H and O–H groups in total. The number of carbonyl (C=O) groups excluding carboxylic acids is 2. The van der Waals surface area contributed by atoms with Crippen LogP contribution in [0.2, 0.25) is 10.0 Å². The number of halogens is 3. The monoisotopic (exact) mass is 1210 g/mol. The number of benzene rings is 2. The van der Waals surface area contributed by atoms with E-state index in [-0.39, 0.29) is 29.6 Å². The standard InChI is InChI=1S/C25H27ClN6O6.C15H16ClNO2.C10H12IN5O4/c26-15-4-6-16(7-5-15)37-25(36)31-10-8-14(9-11-31)2-1-3-18-29-22(27)19-23(30-18)32(13-28-19)24-21(35)20(34)17(12-33)38-24;1-2-3-12-8-10-17(11-9-12)15(18)19-14-6-4-13(16)5-7-14;11-10-14-7(12)4-8(15-10)16(2-13-4)9-6(19)5(18)3(1-17)20-9/h4-7,13-14,17,20-21,24,33-35H,2,8-12H2,(H2,27,29,30);1,4-7,12H,3,8-11H2;2-3,5-6,9,17-19H,1H2,(H2,12,14,15)/t17-,20?,21+,24-;;3-,5?,6+,9-/m1.1/s1. The van der Waals surface area contributed by atoms with Crippen molar-refractivity contribution >= 4 is 91.9 Å². The van der Waals surface area contributed by atoms with Gasteiger partial charge in [0, 0.05) is 71.7 Å². The van der Waals surface area contributed by atoms with Crippen LogP contribution in [0.3, 0.4) is 0 Å². The Kier molecular flexibility index (Phi) is 19.2. The third-order valence-corrected chi connectivity index (χ3v) is 14.2. The molecule has 4 saturated heterocycles. The van der Waals surface area contributed by atoms with Crippen molar-refractivity contribution in [3.05, 3.63) is 80.9 Å². The number of aromatic nitrogens is 8. The van der Waals surface area contributed by atoms with Gasteiger partial charge in [-0.3, -0.25) is 9.13 Å². The molecule has 27 heteroatoms. The summed E-state index contributed by atoms with van der Waals surface area (Å²) in [6.07, 6.45) is 3.64. The van der Waals surface area contributed by atoms with Crippen LogP contribution >= 0.6 is 45.8 Å². The molecule has 2 unspecified atom stereocenters. The summed E-state index contributed by atoms with van der Waals surface area (Å²) in [7, 11) is 0. The highest BCUT2D eigenvalue weighted by Gasteiger charge is 2.45. The van der Waals surface area contributed by atoms with Gasteiger partial charge in [-0.2, -0.15) is 0 Å². The lowest BCUT2D eigenvalue weighted by atomic mass is 9.94. The molecule has 0 spiro atoms. The van der Waals surface area contributed by atoms with Crippen molar-refractivity contribution in [3.63, 3.8) is 0 Å². The molecule has 0 radical (unpaired) electrons. The number of nitrogen functional groups attached to an aromatic ring is 2. The van der Waals surface area contributed by atoms with Crippen molar-refractivity contribution in [1.29, 1.82) is 0 Å². The Bertz CT molecular complexity index is 3110. The highest BCUT2D eigenvalue weighted by molar-refractivity contribution is 14.1. The molecule has 6 aromatic rings. The van der Waals surface area contributed by atoms with Crippen molar-refractivity contribution in [1.82, 2.24) is 48.8 Å². The normalized spacial score (nSPS) is 23.5. The van der Waals surface area contributed by atoms with Gasteiger partial charge >= 0.3 is 12.2 Å². The number of likely N-dealkylation sites (tertiary alicyclic amines) is 2. The highest BCUT2D eigenvalue weighted by atomic mass is 127. The molecule has 4 fully saturated rings. The zero-order valence-electron chi connectivity index (χ0n) is 41.0. The number of nitrogens with zero attached hydrogens (tertiary/aromatic N) is 10. The fourth-order valence-electron chi connectivity index (χ4n) is 8.91. The van der Waals surface area contributed by atoms with E-state index in [0.717, 1.165) is 32.1 Å². The van der Waals surface area contributed by atoms with E-state index < -0.39 is 62.3 Å². The molecule has 0 saturated carbocycles. The lowest BCUT2D eigenvalue weighted by Crippen LogP contribution is -2.40. The minimum Gasteiger partial charge on any atom is -0.410 e. The van der Waals surface area contributed by atoms with E-state index in [4.69, 9.17) is 65.1 Å². The number of carbonyl (C=O) groups is 2. The van der Waals surface area contributed by atoms with Crippen molar-refractivity contribution in [2.45, 2.75) is 87.6 Å². The summed E-state index contributed by atoms with van der Waals surface area (Å²) in [5.74, 6) is 11.1. The summed E-state index contributed by atoms with van der Waals surface area (Å²) in [4.78, 5) is 52.9. The smallest absolute Gasteiger partial charge is 0.410 e. The SMILES string of the molecule is C#CCC1CCN(C(=O)Oc2ccc(Cl)cc2)CC1.Nc1nc(C#CCC2CCN(C(=O)Oc3ccc(Cl)cc3)CC2)nc2c1ncn2[C@@H]1O[C@H](CO)C(O)[C@@H]1O.Nc1nc(I)nc2c1ncn2[C@@H]1O[C@H](CO)C(O)[C@@H]1O. The molecule has 0 aliphatic carbocycles. The zero-order valence-corrected chi connectivity index (χ0v) is 44.7. The Hall–Kier alpha value is -6.21. The Morgan fingerprint density at radius 1 is 0.662 bits per heavy atom. The molecular formula is C50H55Cl2IN12O12. The zero-order chi connectivity index (χ0) is 54.9. The second-order valence-electron chi connectivity index (χ2n) is 18.3. The molecule has 4 aliphatic rings. The summed E-state index contributed by atoms with van der Waals surface area (Å²) < 4.78 is 25.1. The van der Waals surface area contributed by atoms with Gasteiger partial charge in [-0.1, -0.05) is 29.1 Å². The molecule has 4 aliphatic heterocycles. The number of nitrogens with two attached hydrogens (primary N) is 2. The maximum Gasteiger partial charge on any atom is 0.415 e. The number of rotatable bonds is 8. The van der Waals surface area contributed by atoms with Gasteiger partial charge in [-0.05, 0) is 92.0 Å². The van der Waals surface area contributed by atoms with Crippen LogP contribution < -0.4 is 20.9 Å². The second kappa shape index (κ2) is 26.0. The highest BCUT2D eigenvalue weighted by Crippen LogP contribution is 2.34. The van der Waals surface area contributed by atoms with Gasteiger partial charge in [0.2, 0.25) is 5.82 Å². The Labute approximate surface area is 464 Å². The fourth-order valence-corrected chi connectivity index (χ4v) is 9.65. The molecule has 8 atom stereocenters. The minimum atomic E-state index is -1.29. The molecule has 8 heterocycles. The van der Waals surface area contributed by atoms with E-state index in [9.17, 15) is 35.1 Å². The third kappa shape index (κ3) is 13.7. The molecule has 408 valence electrons. The predicted octanol–water partition coefficient (Wildman–Crippen LogP) is 3.52. The summed E-state index contributed by atoms with van der Waals surface area (Å²) >= 11 is 13.6. The first-order valence-electron chi connectivity index (χ1n) is 24.3. The van der Waals surface area contributed by atoms with Crippen LogP contribution in [-0.2, 0) is 9.47 Å². The number of aliphatic hydroxyl groups excluding tert-OH is 6. The lowest BCUT2D eigenvalue weighted by molar-refractivity contribution is -0.0511. The maximum atomic E-state index is 12.4. The van der Waals surface area contributed by atoms with E-state index in [0.29, 0.717) is 92.1 Å². The van der Waals surface area contributed by atoms with E-state index >= 15 is 0 Å². The molecule has 4 aromatic heterocycles. The second-order valence-corrected chi connectivity index (χ2v) is 20.2. The van der Waals surface area contributed by atoms with Gasteiger partial charge in [0.05, 0.1) is 25.9 Å². The summed E-state index contributed by atoms with van der Waals surface area (Å²) in [6.45, 7) is 1.71. The van der Waals surface area contributed by atoms with Gasteiger partial charge in [0.25, 0.3) is 0 Å². The summed E-state index contributed by atoms with van der Waals surface area (Å²) in [6, 6.07) is 13.4. The van der Waals surface area contributed by atoms with Crippen LogP contribution in [-0.4, -0.2) is 168 Å². The number of fused-ring (bicyclic) bond motifs is 2. The van der Waals surface area contributed by atoms with E-state index in [1.54, 1.807) is 58.3 Å². The van der Waals surface area contributed by atoms with E-state index in [2.05, 4.69) is 47.7 Å². The topological polar surface area (TPSA) is 338 Å². The molecule has 24 nitrogen and oxygen atoms in total. The van der Waals surface area contributed by atoms with Crippen LogP contribution in [0.15, 0.2) is 61.2 Å². The number of hydrogen-bond donors (Lipinski definition) is 8. The first-order chi connectivity index (χ1) is 37.0. The van der Waals surface area contributed by atoms with Crippen molar-refractivity contribution in [2.75, 3.05) is 50.9 Å². The number of terminal acetylenes is 1. The van der Waals surface area contributed by atoms with Crippen LogP contribution in [0.25, 0.3) is 22.3 Å². The molecular weight excluding hydrogens is 1160 g/mol. The van der Waals surface area contributed by atoms with E-state index in [1.807, 2.05) is 22.6 Å². The molecule has 77 heavy (non-hydrogen) atoms. The maximum absolute atomic E-state index is 12.4. The first kappa shape index (κ1) is 57.0. The van der Waals surface area contributed by atoms with E-state index in [1.165, 1.54) is 21.8 Å². The van der Waals surface area contributed by atoms with Crippen LogP contribution in [0.4, 0.5) is 21.2 Å². The van der Waals surface area contributed by atoms with Gasteiger partial charge in [-0.15, -0.1) is 12.3 Å². The number of ether oxygens (including phenoxy) is 4. The number of anilines is 2. The minimum absolute atomic E-state index is 0.123. The molecule has 0 bridgehead atoms. The lowest BCUT2D eigenvalue weighted by Gasteiger charge is -2.30. The van der Waals surface area contributed by atoms with Gasteiger partial charge in [0.1, 0.15) is 59.2 Å². The summed E-state index contributed by atoms with van der Waals surface area (Å²) in [5.41, 5.74) is 13.2. The fraction of sp³-hybridized carbons (Fsp3) is 0.440. The van der Waals surface area contributed by atoms with Gasteiger partial charge in [-0.25, -0.2) is 39.5 Å². The number of hydrogen-bond acceptors (Lipinski definition) is 20.